The summed E-state index contributed by atoms with van der Waals surface area (Å²) in [5.41, 5.74) is 1.72. The predicted octanol–water partition coefficient (Wildman–Crippen LogP) is 4.51. The second-order valence-electron chi connectivity index (χ2n) is 5.43. The molecule has 3 nitrogen and oxygen atoms in total. The highest BCUT2D eigenvalue weighted by Crippen LogP contribution is 2.27. The highest BCUT2D eigenvalue weighted by atomic mass is 16.4. The summed E-state index contributed by atoms with van der Waals surface area (Å²) in [5, 5.41) is 10.7. The second kappa shape index (κ2) is 6.06. The van der Waals surface area contributed by atoms with Crippen molar-refractivity contribution in [3.63, 3.8) is 0 Å². The van der Waals surface area contributed by atoms with Crippen molar-refractivity contribution < 1.29 is 9.52 Å². The average molecular weight is 294 g/mol. The van der Waals surface area contributed by atoms with Crippen LogP contribution in [-0.4, -0.2) is 5.11 Å². The first-order valence-electron chi connectivity index (χ1n) is 7.54. The summed E-state index contributed by atoms with van der Waals surface area (Å²) in [4.78, 5) is 12.2. The number of hydrogen-bond donors (Lipinski definition) is 1. The monoisotopic (exact) mass is 294 g/mol. The van der Waals surface area contributed by atoms with Gasteiger partial charge in [0.1, 0.15) is 11.5 Å². The van der Waals surface area contributed by atoms with Gasteiger partial charge in [0, 0.05) is 5.56 Å². The molecule has 22 heavy (non-hydrogen) atoms. The van der Waals surface area contributed by atoms with Gasteiger partial charge < -0.3 is 9.52 Å². The van der Waals surface area contributed by atoms with Crippen LogP contribution in [0.2, 0.25) is 0 Å². The number of hydrogen-bond acceptors (Lipinski definition) is 3. The third-order valence-electron chi connectivity index (χ3n) is 3.83. The standard InChI is InChI=1S/C19H18O3/c1-2-3-6-13-7-4-5-8-16(13)18-11-14-9-10-15(20)12-17(14)19(21)22-18/h4-5,7-12,20H,2-3,6H2,1H3. The van der Waals surface area contributed by atoms with Crippen LogP contribution in [-0.2, 0) is 6.42 Å². The van der Waals surface area contributed by atoms with E-state index in [4.69, 9.17) is 4.42 Å². The molecular weight excluding hydrogens is 276 g/mol. The Hall–Kier alpha value is -2.55. The molecule has 0 atom stereocenters. The third-order valence-corrected chi connectivity index (χ3v) is 3.83. The number of rotatable bonds is 4. The van der Waals surface area contributed by atoms with Crippen molar-refractivity contribution in [3.05, 3.63) is 64.5 Å². The van der Waals surface area contributed by atoms with Crippen molar-refractivity contribution in [1.29, 1.82) is 0 Å². The highest BCUT2D eigenvalue weighted by molar-refractivity contribution is 5.85. The quantitative estimate of drug-likeness (QED) is 0.770. The summed E-state index contributed by atoms with van der Waals surface area (Å²) in [6.07, 6.45) is 3.18. The summed E-state index contributed by atoms with van der Waals surface area (Å²) < 4.78 is 5.49. The van der Waals surface area contributed by atoms with E-state index in [1.54, 1.807) is 12.1 Å². The summed E-state index contributed by atoms with van der Waals surface area (Å²) in [6, 6.07) is 14.6. The Bertz CT molecular complexity index is 862. The van der Waals surface area contributed by atoms with Gasteiger partial charge in [0.15, 0.2) is 0 Å². The largest absolute Gasteiger partial charge is 0.508 e. The van der Waals surface area contributed by atoms with E-state index in [2.05, 4.69) is 13.0 Å². The first-order valence-corrected chi connectivity index (χ1v) is 7.54. The van der Waals surface area contributed by atoms with Gasteiger partial charge in [-0.1, -0.05) is 43.7 Å². The number of phenols is 1. The fourth-order valence-corrected chi connectivity index (χ4v) is 2.65. The Morgan fingerprint density at radius 2 is 1.91 bits per heavy atom. The number of benzene rings is 2. The van der Waals surface area contributed by atoms with Gasteiger partial charge in [-0.15, -0.1) is 0 Å². The molecule has 112 valence electrons. The van der Waals surface area contributed by atoms with Gasteiger partial charge in [0.25, 0.3) is 0 Å². The molecule has 3 rings (SSSR count). The van der Waals surface area contributed by atoms with E-state index in [1.165, 1.54) is 11.6 Å². The summed E-state index contributed by atoms with van der Waals surface area (Å²) >= 11 is 0. The maximum atomic E-state index is 12.2. The zero-order valence-electron chi connectivity index (χ0n) is 12.5. The van der Waals surface area contributed by atoms with E-state index < -0.39 is 5.63 Å². The summed E-state index contributed by atoms with van der Waals surface area (Å²) in [7, 11) is 0. The summed E-state index contributed by atoms with van der Waals surface area (Å²) in [6.45, 7) is 2.16. The van der Waals surface area contributed by atoms with Gasteiger partial charge in [-0.3, -0.25) is 0 Å². The highest BCUT2D eigenvalue weighted by Gasteiger charge is 2.10. The van der Waals surface area contributed by atoms with Gasteiger partial charge in [-0.25, -0.2) is 4.79 Å². The van der Waals surface area contributed by atoms with Gasteiger partial charge in [-0.05, 0) is 42.0 Å². The first kappa shape index (κ1) is 14.4. The van der Waals surface area contributed by atoms with Gasteiger partial charge in [0.2, 0.25) is 0 Å². The Kier molecular flexibility index (Phi) is 3.96. The van der Waals surface area contributed by atoms with E-state index in [9.17, 15) is 9.90 Å². The molecule has 1 heterocycles. The normalized spacial score (nSPS) is 11.0. The minimum Gasteiger partial charge on any atom is -0.508 e. The zero-order chi connectivity index (χ0) is 15.5. The van der Waals surface area contributed by atoms with E-state index in [0.717, 1.165) is 30.2 Å². The average Bonchev–Trinajstić information content (AvgIpc) is 2.53. The maximum absolute atomic E-state index is 12.2. The fourth-order valence-electron chi connectivity index (χ4n) is 2.65. The van der Waals surface area contributed by atoms with E-state index in [-0.39, 0.29) is 5.75 Å². The van der Waals surface area contributed by atoms with Crippen LogP contribution in [0.15, 0.2) is 57.7 Å². The van der Waals surface area contributed by atoms with Gasteiger partial charge in [0.05, 0.1) is 5.39 Å². The van der Waals surface area contributed by atoms with Crippen LogP contribution < -0.4 is 5.63 Å². The number of phenolic OH excluding ortho intramolecular Hbond substituents is 1. The minimum atomic E-state index is -0.423. The van der Waals surface area contributed by atoms with Crippen LogP contribution >= 0.6 is 0 Å². The lowest BCUT2D eigenvalue weighted by atomic mass is 9.99. The molecule has 0 bridgehead atoms. The SMILES string of the molecule is CCCCc1ccccc1-c1cc2ccc(O)cc2c(=O)o1. The molecule has 1 N–H and O–H groups in total. The first-order chi connectivity index (χ1) is 10.7. The number of aryl methyl sites for hydroxylation is 1. The molecule has 3 heteroatoms. The third kappa shape index (κ3) is 2.75. The molecule has 0 saturated heterocycles. The van der Waals surface area contributed by atoms with Gasteiger partial charge >= 0.3 is 5.63 Å². The molecule has 1 aromatic heterocycles. The van der Waals surface area contributed by atoms with Crippen LogP contribution in [0.4, 0.5) is 0 Å². The molecule has 0 unspecified atom stereocenters. The molecule has 0 spiro atoms. The van der Waals surface area contributed by atoms with Crippen LogP contribution in [0.25, 0.3) is 22.1 Å². The van der Waals surface area contributed by atoms with Crippen molar-refractivity contribution >= 4 is 10.8 Å². The van der Waals surface area contributed by atoms with E-state index in [1.807, 2.05) is 24.3 Å². The van der Waals surface area contributed by atoms with Crippen molar-refractivity contribution in [2.75, 3.05) is 0 Å². The lowest BCUT2D eigenvalue weighted by Gasteiger charge is -2.09. The smallest absolute Gasteiger partial charge is 0.344 e. The number of fused-ring (bicyclic) bond motifs is 1. The Labute approximate surface area is 128 Å². The molecule has 0 amide bonds. The van der Waals surface area contributed by atoms with Crippen LogP contribution in [0.5, 0.6) is 5.75 Å². The van der Waals surface area contributed by atoms with Crippen molar-refractivity contribution in [2.24, 2.45) is 0 Å². The second-order valence-corrected chi connectivity index (χ2v) is 5.43. The molecule has 0 fully saturated rings. The van der Waals surface area contributed by atoms with Crippen molar-refractivity contribution in [1.82, 2.24) is 0 Å². The molecule has 3 aromatic rings. The zero-order valence-corrected chi connectivity index (χ0v) is 12.5. The van der Waals surface area contributed by atoms with E-state index in [0.29, 0.717) is 11.1 Å². The van der Waals surface area contributed by atoms with Crippen LogP contribution in [0.3, 0.4) is 0 Å². The molecular formula is C19H18O3. The Morgan fingerprint density at radius 3 is 2.73 bits per heavy atom. The predicted molar refractivity (Wildman–Crippen MR) is 88.2 cm³/mol. The van der Waals surface area contributed by atoms with Crippen molar-refractivity contribution in [3.8, 4) is 17.1 Å². The maximum Gasteiger partial charge on any atom is 0.344 e. The summed E-state index contributed by atoms with van der Waals surface area (Å²) in [5.74, 6) is 0.644. The Morgan fingerprint density at radius 1 is 1.09 bits per heavy atom. The molecule has 2 aromatic carbocycles. The fraction of sp³-hybridized carbons (Fsp3) is 0.211. The lowest BCUT2D eigenvalue weighted by Crippen LogP contribution is -2.01. The molecule has 0 saturated carbocycles. The Balaban J connectivity index is 2.15. The number of unbranched alkanes of at least 4 members (excludes halogenated alkanes) is 1. The lowest BCUT2D eigenvalue weighted by molar-refractivity contribution is 0.475. The van der Waals surface area contributed by atoms with Crippen LogP contribution in [0.1, 0.15) is 25.3 Å². The number of aromatic hydroxyl groups is 1. The van der Waals surface area contributed by atoms with Gasteiger partial charge in [-0.2, -0.15) is 0 Å². The molecule has 0 aliphatic rings. The molecule has 0 aliphatic carbocycles. The molecule has 0 radical (unpaired) electrons. The van der Waals surface area contributed by atoms with Crippen molar-refractivity contribution in [2.45, 2.75) is 26.2 Å². The molecule has 0 aliphatic heterocycles. The van der Waals surface area contributed by atoms with Crippen LogP contribution in [0, 0.1) is 0 Å². The topological polar surface area (TPSA) is 50.4 Å². The van der Waals surface area contributed by atoms with E-state index >= 15 is 0 Å². The minimum absolute atomic E-state index is 0.0656.